The summed E-state index contributed by atoms with van der Waals surface area (Å²) in [5, 5.41) is 2.82. The van der Waals surface area contributed by atoms with Crippen LogP contribution in [0.1, 0.15) is 48.8 Å². The lowest BCUT2D eigenvalue weighted by Crippen LogP contribution is -2.31. The Kier molecular flexibility index (Phi) is 6.43. The van der Waals surface area contributed by atoms with E-state index in [0.29, 0.717) is 17.7 Å². The van der Waals surface area contributed by atoms with Crippen molar-refractivity contribution in [3.8, 4) is 11.1 Å². The average molecular weight is 429 g/mol. The van der Waals surface area contributed by atoms with Gasteiger partial charge >= 0.3 is 12.4 Å². The Balaban J connectivity index is 1.83. The van der Waals surface area contributed by atoms with E-state index in [1.165, 1.54) is 12.1 Å². The van der Waals surface area contributed by atoms with Gasteiger partial charge in [-0.1, -0.05) is 37.5 Å². The van der Waals surface area contributed by atoms with Crippen LogP contribution in [0, 0.1) is 5.92 Å². The van der Waals surface area contributed by atoms with Crippen molar-refractivity contribution in [3.05, 3.63) is 59.2 Å². The van der Waals surface area contributed by atoms with Crippen LogP contribution < -0.4 is 5.32 Å². The fraction of sp³-hybridized carbons (Fsp3) is 0.409. The number of hydrogen-bond donors (Lipinski definition) is 1. The highest BCUT2D eigenvalue weighted by Crippen LogP contribution is 2.38. The lowest BCUT2D eigenvalue weighted by Gasteiger charge is -2.20. The van der Waals surface area contributed by atoms with E-state index in [2.05, 4.69) is 5.32 Å². The molecule has 1 amide bonds. The molecule has 2 nitrogen and oxygen atoms in total. The van der Waals surface area contributed by atoms with E-state index >= 15 is 0 Å². The molecule has 0 radical (unpaired) electrons. The summed E-state index contributed by atoms with van der Waals surface area (Å²) in [5.74, 6) is -0.113. The second-order valence-electron chi connectivity index (χ2n) is 7.55. The van der Waals surface area contributed by atoms with Crippen LogP contribution in [-0.4, -0.2) is 5.91 Å². The number of amides is 1. The Labute approximate surface area is 170 Å². The molecular weight excluding hydrogens is 408 g/mol. The zero-order valence-electron chi connectivity index (χ0n) is 16.0. The van der Waals surface area contributed by atoms with E-state index in [1.807, 2.05) is 0 Å². The SMILES string of the molecule is O=C(NCc1cccc(-c2cc(C(F)(F)F)cc(C(F)(F)F)c2)c1)C1CCCCC1. The minimum atomic E-state index is -4.90. The molecule has 0 atom stereocenters. The number of benzene rings is 2. The largest absolute Gasteiger partial charge is 0.416 e. The van der Waals surface area contributed by atoms with Crippen LogP contribution >= 0.6 is 0 Å². The molecule has 162 valence electrons. The van der Waals surface area contributed by atoms with E-state index in [4.69, 9.17) is 0 Å². The molecule has 1 fully saturated rings. The van der Waals surface area contributed by atoms with Crippen LogP contribution in [-0.2, 0) is 23.7 Å². The molecule has 0 saturated heterocycles. The average Bonchev–Trinajstić information content (AvgIpc) is 2.71. The van der Waals surface area contributed by atoms with Gasteiger partial charge in [0.15, 0.2) is 0 Å². The standard InChI is InChI=1S/C22H21F6NO/c23-21(24,25)18-10-17(11-19(12-18)22(26,27)28)16-8-4-5-14(9-16)13-29-20(30)15-6-2-1-3-7-15/h4-5,8-12,15H,1-3,6-7,13H2,(H,29,30). The number of halogens is 6. The number of carbonyl (C=O) groups excluding carboxylic acids is 1. The van der Waals surface area contributed by atoms with Gasteiger partial charge in [-0.15, -0.1) is 0 Å². The number of alkyl halides is 6. The van der Waals surface area contributed by atoms with Gasteiger partial charge in [0.1, 0.15) is 0 Å². The minimum absolute atomic E-state index is 0.0419. The first-order valence-electron chi connectivity index (χ1n) is 9.70. The third kappa shape index (κ3) is 5.55. The number of rotatable bonds is 4. The molecule has 0 spiro atoms. The summed E-state index contributed by atoms with van der Waals surface area (Å²) in [6.07, 6.45) is -5.02. The van der Waals surface area contributed by atoms with Crippen molar-refractivity contribution in [1.29, 1.82) is 0 Å². The van der Waals surface area contributed by atoms with Gasteiger partial charge in [-0.25, -0.2) is 0 Å². The summed E-state index contributed by atoms with van der Waals surface area (Å²) in [5.41, 5.74) is -2.08. The predicted molar refractivity (Wildman–Crippen MR) is 100 cm³/mol. The Morgan fingerprint density at radius 1 is 0.833 bits per heavy atom. The second-order valence-corrected chi connectivity index (χ2v) is 7.55. The van der Waals surface area contributed by atoms with Gasteiger partial charge < -0.3 is 5.32 Å². The first kappa shape index (κ1) is 22.2. The van der Waals surface area contributed by atoms with E-state index in [0.717, 1.165) is 32.1 Å². The normalized spacial score (nSPS) is 15.8. The molecule has 30 heavy (non-hydrogen) atoms. The first-order valence-corrected chi connectivity index (χ1v) is 9.70. The molecule has 1 saturated carbocycles. The molecular formula is C22H21F6NO. The molecule has 0 aromatic heterocycles. The van der Waals surface area contributed by atoms with Crippen molar-refractivity contribution < 1.29 is 31.1 Å². The Bertz CT molecular complexity index is 865. The van der Waals surface area contributed by atoms with Gasteiger partial charge in [0.2, 0.25) is 5.91 Å². The molecule has 0 unspecified atom stereocenters. The number of hydrogen-bond acceptors (Lipinski definition) is 1. The lowest BCUT2D eigenvalue weighted by atomic mass is 9.88. The zero-order valence-corrected chi connectivity index (χ0v) is 16.0. The highest BCUT2D eigenvalue weighted by molar-refractivity contribution is 5.78. The summed E-state index contributed by atoms with van der Waals surface area (Å²) in [6.45, 7) is 0.161. The Morgan fingerprint density at radius 3 is 2.00 bits per heavy atom. The zero-order chi connectivity index (χ0) is 21.9. The quantitative estimate of drug-likeness (QED) is 0.546. The van der Waals surface area contributed by atoms with Gasteiger partial charge in [0.25, 0.3) is 0 Å². The lowest BCUT2D eigenvalue weighted by molar-refractivity contribution is -0.143. The summed E-state index contributed by atoms with van der Waals surface area (Å²) in [4.78, 5) is 12.3. The van der Waals surface area contributed by atoms with Gasteiger partial charge in [0, 0.05) is 12.5 Å². The minimum Gasteiger partial charge on any atom is -0.352 e. The van der Waals surface area contributed by atoms with Crippen LogP contribution in [0.5, 0.6) is 0 Å². The Hall–Kier alpha value is -2.51. The second kappa shape index (κ2) is 8.70. The summed E-state index contributed by atoms with van der Waals surface area (Å²) < 4.78 is 78.6. The summed E-state index contributed by atoms with van der Waals surface area (Å²) in [7, 11) is 0. The van der Waals surface area contributed by atoms with Gasteiger partial charge in [-0.05, 0) is 53.8 Å². The molecule has 0 bridgehead atoms. The van der Waals surface area contributed by atoms with E-state index in [-0.39, 0.29) is 35.6 Å². The maximum atomic E-state index is 13.1. The maximum absolute atomic E-state index is 13.1. The van der Waals surface area contributed by atoms with Gasteiger partial charge in [0.05, 0.1) is 11.1 Å². The molecule has 1 aliphatic rings. The van der Waals surface area contributed by atoms with E-state index < -0.39 is 23.5 Å². The highest BCUT2D eigenvalue weighted by Gasteiger charge is 2.37. The predicted octanol–water partition coefficient (Wildman–Crippen LogP) is 6.59. The monoisotopic (exact) mass is 429 g/mol. The van der Waals surface area contributed by atoms with Crippen LogP contribution in [0.4, 0.5) is 26.3 Å². The number of nitrogens with one attached hydrogen (secondary N) is 1. The van der Waals surface area contributed by atoms with Crippen molar-refractivity contribution in [2.75, 3.05) is 0 Å². The molecule has 2 aromatic carbocycles. The molecule has 0 heterocycles. The fourth-order valence-electron chi connectivity index (χ4n) is 3.68. The van der Waals surface area contributed by atoms with Gasteiger partial charge in [-0.3, -0.25) is 4.79 Å². The van der Waals surface area contributed by atoms with Gasteiger partial charge in [-0.2, -0.15) is 26.3 Å². The van der Waals surface area contributed by atoms with Crippen LogP contribution in [0.25, 0.3) is 11.1 Å². The number of carbonyl (C=O) groups is 1. The fourth-order valence-corrected chi connectivity index (χ4v) is 3.68. The van der Waals surface area contributed by atoms with Crippen molar-refractivity contribution in [2.24, 2.45) is 5.92 Å². The van der Waals surface area contributed by atoms with Crippen molar-refractivity contribution >= 4 is 5.91 Å². The van der Waals surface area contributed by atoms with Crippen LogP contribution in [0.15, 0.2) is 42.5 Å². The Morgan fingerprint density at radius 2 is 1.43 bits per heavy atom. The smallest absolute Gasteiger partial charge is 0.352 e. The maximum Gasteiger partial charge on any atom is 0.416 e. The van der Waals surface area contributed by atoms with E-state index in [9.17, 15) is 31.1 Å². The molecule has 8 heteroatoms. The summed E-state index contributed by atoms with van der Waals surface area (Å²) >= 11 is 0. The van der Waals surface area contributed by atoms with Crippen molar-refractivity contribution in [3.63, 3.8) is 0 Å². The molecule has 1 aliphatic carbocycles. The third-order valence-corrected chi connectivity index (χ3v) is 5.29. The highest BCUT2D eigenvalue weighted by atomic mass is 19.4. The van der Waals surface area contributed by atoms with Crippen molar-refractivity contribution in [2.45, 2.75) is 51.0 Å². The topological polar surface area (TPSA) is 29.1 Å². The van der Waals surface area contributed by atoms with Crippen LogP contribution in [0.3, 0.4) is 0 Å². The van der Waals surface area contributed by atoms with E-state index in [1.54, 1.807) is 12.1 Å². The molecule has 3 rings (SSSR count). The molecule has 0 aliphatic heterocycles. The third-order valence-electron chi connectivity index (χ3n) is 5.29. The first-order chi connectivity index (χ1) is 14.0. The molecule has 2 aromatic rings. The molecule has 1 N–H and O–H groups in total. The summed E-state index contributed by atoms with van der Waals surface area (Å²) in [6, 6.07) is 7.68. The van der Waals surface area contributed by atoms with Crippen LogP contribution in [0.2, 0.25) is 0 Å². The van der Waals surface area contributed by atoms with Crippen molar-refractivity contribution in [1.82, 2.24) is 5.32 Å².